The number of hydrogen-bond donors (Lipinski definition) is 0. The molecule has 2 atom stereocenters. The van der Waals surface area contributed by atoms with Gasteiger partial charge in [0.05, 0.1) is 0 Å². The number of rotatable bonds is 48. The molecule has 0 radical (unpaired) electrons. The number of esters is 3. The molecule has 6 nitrogen and oxygen atoms in total. The number of carbonyl (C=O) groups is 3. The summed E-state index contributed by atoms with van der Waals surface area (Å²) in [7, 11) is 0. The normalized spacial score (nSPS) is 12.6. The molecule has 362 valence electrons. The molecule has 0 fully saturated rings. The van der Waals surface area contributed by atoms with Crippen LogP contribution < -0.4 is 0 Å². The molecule has 0 N–H and O–H groups in total. The standard InChI is InChI=1S/C55H106O6/c1-7-51(6)43-37-31-25-19-15-10-8-9-11-16-20-26-32-38-44-53(56)59-47-52(61-55(58)46-40-34-28-22-24-30-36-42-50(4)5)48-60-54(57)45-39-33-27-21-17-13-12-14-18-23-29-35-41-49(2)3/h49-52H,7-48H2,1-6H3/t51?,52-/m0/s1. The molecule has 61 heavy (non-hydrogen) atoms. The molecular weight excluding hydrogens is 757 g/mol. The van der Waals surface area contributed by atoms with Gasteiger partial charge in [-0.15, -0.1) is 0 Å². The Balaban J connectivity index is 4.25. The van der Waals surface area contributed by atoms with Crippen LogP contribution in [-0.2, 0) is 28.6 Å². The second kappa shape index (κ2) is 46.4. The summed E-state index contributed by atoms with van der Waals surface area (Å²) < 4.78 is 16.8. The van der Waals surface area contributed by atoms with E-state index in [9.17, 15) is 14.4 Å². The molecule has 0 heterocycles. The largest absolute Gasteiger partial charge is 0.462 e. The van der Waals surface area contributed by atoms with Crippen molar-refractivity contribution in [2.75, 3.05) is 13.2 Å². The van der Waals surface area contributed by atoms with Crippen molar-refractivity contribution in [2.24, 2.45) is 17.8 Å². The predicted molar refractivity (Wildman–Crippen MR) is 261 cm³/mol. The van der Waals surface area contributed by atoms with E-state index in [-0.39, 0.29) is 31.1 Å². The van der Waals surface area contributed by atoms with Crippen LogP contribution in [0.15, 0.2) is 0 Å². The molecule has 0 aromatic carbocycles. The smallest absolute Gasteiger partial charge is 0.306 e. The first-order valence-corrected chi connectivity index (χ1v) is 27.1. The molecule has 0 saturated carbocycles. The van der Waals surface area contributed by atoms with Gasteiger partial charge in [-0.05, 0) is 37.0 Å². The zero-order valence-corrected chi connectivity index (χ0v) is 42.0. The second-order valence-electron chi connectivity index (χ2n) is 20.1. The summed E-state index contributed by atoms with van der Waals surface area (Å²) in [6.45, 7) is 13.7. The van der Waals surface area contributed by atoms with Crippen molar-refractivity contribution in [3.8, 4) is 0 Å². The van der Waals surface area contributed by atoms with Crippen LogP contribution in [0.5, 0.6) is 0 Å². The molecule has 0 spiro atoms. The first kappa shape index (κ1) is 59.4. The number of carbonyl (C=O) groups excluding carboxylic acids is 3. The van der Waals surface area contributed by atoms with Crippen molar-refractivity contribution in [3.63, 3.8) is 0 Å². The zero-order chi connectivity index (χ0) is 44.9. The van der Waals surface area contributed by atoms with Gasteiger partial charge in [0.25, 0.3) is 0 Å². The lowest BCUT2D eigenvalue weighted by Gasteiger charge is -2.18. The molecule has 0 rings (SSSR count). The minimum absolute atomic E-state index is 0.0649. The highest BCUT2D eigenvalue weighted by Gasteiger charge is 2.19. The average molecular weight is 863 g/mol. The van der Waals surface area contributed by atoms with Gasteiger partial charge in [0.2, 0.25) is 0 Å². The average Bonchev–Trinajstić information content (AvgIpc) is 3.23. The lowest BCUT2D eigenvalue weighted by molar-refractivity contribution is -0.167. The molecule has 0 aliphatic heterocycles. The Morgan fingerprint density at radius 1 is 0.328 bits per heavy atom. The van der Waals surface area contributed by atoms with Crippen LogP contribution in [0.3, 0.4) is 0 Å². The molecule has 0 bridgehead atoms. The molecule has 0 aromatic heterocycles. The predicted octanol–water partition coefficient (Wildman–Crippen LogP) is 17.6. The van der Waals surface area contributed by atoms with Crippen molar-refractivity contribution in [3.05, 3.63) is 0 Å². The van der Waals surface area contributed by atoms with E-state index in [4.69, 9.17) is 14.2 Å². The quantitative estimate of drug-likeness (QED) is 0.0344. The fraction of sp³-hybridized carbons (Fsp3) is 0.945. The van der Waals surface area contributed by atoms with Crippen LogP contribution in [0.25, 0.3) is 0 Å². The maximum atomic E-state index is 12.8. The Kier molecular flexibility index (Phi) is 45.2. The van der Waals surface area contributed by atoms with Gasteiger partial charge >= 0.3 is 17.9 Å². The van der Waals surface area contributed by atoms with Crippen LogP contribution in [-0.4, -0.2) is 37.2 Å². The molecule has 0 aliphatic carbocycles. The van der Waals surface area contributed by atoms with Gasteiger partial charge in [0.15, 0.2) is 6.10 Å². The lowest BCUT2D eigenvalue weighted by atomic mass is 9.99. The van der Waals surface area contributed by atoms with Crippen LogP contribution in [0.2, 0.25) is 0 Å². The first-order valence-electron chi connectivity index (χ1n) is 27.1. The summed E-state index contributed by atoms with van der Waals surface area (Å²) in [4.78, 5) is 38.0. The third-order valence-corrected chi connectivity index (χ3v) is 12.8. The van der Waals surface area contributed by atoms with Gasteiger partial charge in [0, 0.05) is 19.3 Å². The molecule has 1 unspecified atom stereocenters. The maximum absolute atomic E-state index is 12.8. The topological polar surface area (TPSA) is 78.9 Å². The number of unbranched alkanes of at least 4 members (excludes halogenated alkanes) is 30. The third kappa shape index (κ3) is 47.7. The molecule has 0 saturated heterocycles. The lowest BCUT2D eigenvalue weighted by Crippen LogP contribution is -2.30. The first-order chi connectivity index (χ1) is 29.6. The van der Waals surface area contributed by atoms with E-state index in [0.717, 1.165) is 75.5 Å². The summed E-state index contributed by atoms with van der Waals surface area (Å²) in [6.07, 6.45) is 46.7. The molecular formula is C55H106O6. The van der Waals surface area contributed by atoms with Gasteiger partial charge in [-0.1, -0.05) is 260 Å². The van der Waals surface area contributed by atoms with Crippen molar-refractivity contribution >= 4 is 17.9 Å². The van der Waals surface area contributed by atoms with Gasteiger partial charge in [-0.2, -0.15) is 0 Å². The highest BCUT2D eigenvalue weighted by molar-refractivity contribution is 5.71. The summed E-state index contributed by atoms with van der Waals surface area (Å²) in [5.74, 6) is 1.65. The Morgan fingerprint density at radius 2 is 0.574 bits per heavy atom. The van der Waals surface area contributed by atoms with E-state index in [1.807, 2.05) is 0 Å². The van der Waals surface area contributed by atoms with E-state index < -0.39 is 6.10 Å². The third-order valence-electron chi connectivity index (χ3n) is 12.8. The Hall–Kier alpha value is -1.59. The highest BCUT2D eigenvalue weighted by atomic mass is 16.6. The SMILES string of the molecule is CCC(C)CCCCCCCCCCCCCCCCC(=O)OC[C@@H](COC(=O)CCCCCCCCCCCCCCC(C)C)OC(=O)CCCCCCCCCC(C)C. The van der Waals surface area contributed by atoms with Gasteiger partial charge in [-0.25, -0.2) is 0 Å². The Morgan fingerprint density at radius 3 is 0.852 bits per heavy atom. The Labute approximate surface area is 380 Å². The fourth-order valence-electron chi connectivity index (χ4n) is 8.26. The maximum Gasteiger partial charge on any atom is 0.306 e. The van der Waals surface area contributed by atoms with E-state index >= 15 is 0 Å². The molecule has 0 aromatic rings. The van der Waals surface area contributed by atoms with E-state index in [0.29, 0.717) is 19.3 Å². The fourth-order valence-corrected chi connectivity index (χ4v) is 8.26. The van der Waals surface area contributed by atoms with Crippen LogP contribution in [0.4, 0.5) is 0 Å². The van der Waals surface area contributed by atoms with Crippen molar-refractivity contribution in [1.82, 2.24) is 0 Å². The minimum atomic E-state index is -0.763. The monoisotopic (exact) mass is 863 g/mol. The van der Waals surface area contributed by atoms with Gasteiger partial charge in [-0.3, -0.25) is 14.4 Å². The summed E-state index contributed by atoms with van der Waals surface area (Å²) in [5.41, 5.74) is 0. The molecule has 6 heteroatoms. The summed E-state index contributed by atoms with van der Waals surface area (Å²) in [5, 5.41) is 0. The van der Waals surface area contributed by atoms with Gasteiger partial charge in [0.1, 0.15) is 13.2 Å². The molecule has 0 amide bonds. The second-order valence-corrected chi connectivity index (χ2v) is 20.1. The van der Waals surface area contributed by atoms with Crippen molar-refractivity contribution in [2.45, 2.75) is 304 Å². The van der Waals surface area contributed by atoms with Crippen LogP contribution >= 0.6 is 0 Å². The number of ether oxygens (including phenoxy) is 3. The highest BCUT2D eigenvalue weighted by Crippen LogP contribution is 2.18. The summed E-state index contributed by atoms with van der Waals surface area (Å²) >= 11 is 0. The van der Waals surface area contributed by atoms with E-state index in [1.165, 1.54) is 180 Å². The Bertz CT molecular complexity index is 947. The van der Waals surface area contributed by atoms with Crippen LogP contribution in [0, 0.1) is 17.8 Å². The van der Waals surface area contributed by atoms with Crippen molar-refractivity contribution < 1.29 is 28.6 Å². The van der Waals surface area contributed by atoms with E-state index in [1.54, 1.807) is 0 Å². The molecule has 0 aliphatic rings. The van der Waals surface area contributed by atoms with Crippen LogP contribution in [0.1, 0.15) is 298 Å². The van der Waals surface area contributed by atoms with E-state index in [2.05, 4.69) is 41.5 Å². The van der Waals surface area contributed by atoms with Gasteiger partial charge < -0.3 is 14.2 Å². The van der Waals surface area contributed by atoms with Crippen molar-refractivity contribution in [1.29, 1.82) is 0 Å². The minimum Gasteiger partial charge on any atom is -0.462 e. The zero-order valence-electron chi connectivity index (χ0n) is 42.0. The number of hydrogen-bond acceptors (Lipinski definition) is 6. The summed E-state index contributed by atoms with van der Waals surface area (Å²) in [6, 6.07) is 0.